The van der Waals surface area contributed by atoms with E-state index >= 15 is 0 Å². The zero-order valence-corrected chi connectivity index (χ0v) is 17.6. The number of benzene rings is 2. The molecule has 28 heavy (non-hydrogen) atoms. The maximum Gasteiger partial charge on any atom is 0.133 e. The molecule has 4 aromatic rings. The van der Waals surface area contributed by atoms with Gasteiger partial charge in [-0.25, -0.2) is 0 Å². The van der Waals surface area contributed by atoms with Gasteiger partial charge in [-0.05, 0) is 81.3 Å². The number of fused-ring (bicyclic) bond motifs is 1. The summed E-state index contributed by atoms with van der Waals surface area (Å²) in [4.78, 5) is 0. The minimum absolute atomic E-state index is 0.00219. The summed E-state index contributed by atoms with van der Waals surface area (Å²) in [7, 11) is 0. The molecule has 0 N–H and O–H groups in total. The van der Waals surface area contributed by atoms with Gasteiger partial charge in [-0.2, -0.15) is 0 Å². The highest BCUT2D eigenvalue weighted by molar-refractivity contribution is 5.96. The summed E-state index contributed by atoms with van der Waals surface area (Å²) >= 11 is 0. The highest BCUT2D eigenvalue weighted by Crippen LogP contribution is 2.41. The molecule has 2 aromatic carbocycles. The van der Waals surface area contributed by atoms with Gasteiger partial charge in [0.2, 0.25) is 0 Å². The lowest BCUT2D eigenvalue weighted by Crippen LogP contribution is -2.15. The van der Waals surface area contributed by atoms with E-state index in [0.29, 0.717) is 0 Å². The van der Waals surface area contributed by atoms with E-state index in [1.165, 1.54) is 21.9 Å². The zero-order chi connectivity index (χ0) is 20.1. The second-order valence-electron chi connectivity index (χ2n) is 9.60. The fraction of sp³-hybridized carbons (Fsp3) is 0.308. The standard InChI is InChI=1S/C26H28O2/c1-25(2,3)21-15-17(23-9-7-11-27-23)14-20-19(21)13-18(24-10-8-12-28-24)16-22(20)26(4,5)6/h7-16H,1-6H3. The van der Waals surface area contributed by atoms with Gasteiger partial charge < -0.3 is 8.83 Å². The average Bonchev–Trinajstić information content (AvgIpc) is 3.31. The third kappa shape index (κ3) is 3.28. The minimum atomic E-state index is -0.00219. The summed E-state index contributed by atoms with van der Waals surface area (Å²) in [5.41, 5.74) is 4.87. The first-order chi connectivity index (χ1) is 13.1. The van der Waals surface area contributed by atoms with Crippen molar-refractivity contribution in [2.24, 2.45) is 0 Å². The molecule has 0 unspecified atom stereocenters. The van der Waals surface area contributed by atoms with Crippen molar-refractivity contribution in [3.05, 3.63) is 72.2 Å². The van der Waals surface area contributed by atoms with Crippen LogP contribution in [0.3, 0.4) is 0 Å². The Hall–Kier alpha value is -2.74. The first-order valence-corrected chi connectivity index (χ1v) is 9.85. The Morgan fingerprint density at radius 3 is 1.25 bits per heavy atom. The van der Waals surface area contributed by atoms with Gasteiger partial charge in [0, 0.05) is 11.1 Å². The Morgan fingerprint density at radius 1 is 0.571 bits per heavy atom. The first kappa shape index (κ1) is 18.6. The first-order valence-electron chi connectivity index (χ1n) is 9.85. The van der Waals surface area contributed by atoms with Crippen LogP contribution >= 0.6 is 0 Å². The molecule has 2 nitrogen and oxygen atoms in total. The summed E-state index contributed by atoms with van der Waals surface area (Å²) in [5.74, 6) is 1.81. The third-order valence-corrected chi connectivity index (χ3v) is 5.30. The van der Waals surface area contributed by atoms with Crippen LogP contribution in [0.4, 0.5) is 0 Å². The Bertz CT molecular complexity index is 1010. The van der Waals surface area contributed by atoms with Crippen molar-refractivity contribution in [2.75, 3.05) is 0 Å². The van der Waals surface area contributed by atoms with Crippen LogP contribution in [0, 0.1) is 0 Å². The van der Waals surface area contributed by atoms with Crippen LogP contribution in [0.2, 0.25) is 0 Å². The lowest BCUT2D eigenvalue weighted by molar-refractivity contribution is 0.577. The molecule has 2 aromatic heterocycles. The molecule has 0 saturated heterocycles. The molecule has 0 aliphatic rings. The van der Waals surface area contributed by atoms with Crippen molar-refractivity contribution in [3.63, 3.8) is 0 Å². The molecule has 0 saturated carbocycles. The quantitative estimate of drug-likeness (QED) is 0.357. The molecular weight excluding hydrogens is 344 g/mol. The Balaban J connectivity index is 2.13. The van der Waals surface area contributed by atoms with Crippen LogP contribution < -0.4 is 0 Å². The van der Waals surface area contributed by atoms with E-state index in [4.69, 9.17) is 8.83 Å². The Kier molecular flexibility index (Phi) is 4.26. The molecule has 0 spiro atoms. The number of hydrogen-bond donors (Lipinski definition) is 0. The van der Waals surface area contributed by atoms with Crippen molar-refractivity contribution in [1.82, 2.24) is 0 Å². The predicted octanol–water partition coefficient (Wildman–Crippen LogP) is 7.95. The van der Waals surface area contributed by atoms with E-state index in [-0.39, 0.29) is 10.8 Å². The van der Waals surface area contributed by atoms with Crippen LogP contribution in [-0.2, 0) is 10.8 Å². The van der Waals surface area contributed by atoms with E-state index in [1.54, 1.807) is 12.5 Å². The highest BCUT2D eigenvalue weighted by Gasteiger charge is 2.25. The molecule has 144 valence electrons. The van der Waals surface area contributed by atoms with E-state index in [0.717, 1.165) is 22.6 Å². The van der Waals surface area contributed by atoms with Gasteiger partial charge in [0.05, 0.1) is 12.5 Å². The maximum atomic E-state index is 5.73. The lowest BCUT2D eigenvalue weighted by Gasteiger charge is -2.27. The molecule has 0 amide bonds. The summed E-state index contributed by atoms with van der Waals surface area (Å²) < 4.78 is 11.5. The van der Waals surface area contributed by atoms with Crippen molar-refractivity contribution < 1.29 is 8.83 Å². The normalized spacial score (nSPS) is 12.6. The smallest absolute Gasteiger partial charge is 0.133 e. The van der Waals surface area contributed by atoms with Crippen LogP contribution in [0.1, 0.15) is 52.7 Å². The molecule has 0 atom stereocenters. The Morgan fingerprint density at radius 2 is 0.964 bits per heavy atom. The van der Waals surface area contributed by atoms with Crippen LogP contribution in [0.5, 0.6) is 0 Å². The predicted molar refractivity (Wildman–Crippen MR) is 117 cm³/mol. The third-order valence-electron chi connectivity index (χ3n) is 5.30. The lowest BCUT2D eigenvalue weighted by atomic mass is 9.77. The molecule has 0 aliphatic heterocycles. The van der Waals surface area contributed by atoms with E-state index in [9.17, 15) is 0 Å². The topological polar surface area (TPSA) is 26.3 Å². The molecule has 0 fully saturated rings. The number of hydrogen-bond acceptors (Lipinski definition) is 2. The van der Waals surface area contributed by atoms with Crippen molar-refractivity contribution in [2.45, 2.75) is 52.4 Å². The monoisotopic (exact) mass is 372 g/mol. The van der Waals surface area contributed by atoms with E-state index in [2.05, 4.69) is 65.8 Å². The van der Waals surface area contributed by atoms with Crippen molar-refractivity contribution >= 4 is 10.8 Å². The van der Waals surface area contributed by atoms with Crippen molar-refractivity contribution in [3.8, 4) is 22.6 Å². The summed E-state index contributed by atoms with van der Waals surface area (Å²) in [6.45, 7) is 13.6. The van der Waals surface area contributed by atoms with Gasteiger partial charge >= 0.3 is 0 Å². The molecule has 2 heterocycles. The average molecular weight is 373 g/mol. The summed E-state index contributed by atoms with van der Waals surface area (Å²) in [6.07, 6.45) is 3.47. The molecule has 0 aliphatic carbocycles. The van der Waals surface area contributed by atoms with Crippen LogP contribution in [0.15, 0.2) is 69.9 Å². The van der Waals surface area contributed by atoms with Crippen LogP contribution in [-0.4, -0.2) is 0 Å². The maximum absolute atomic E-state index is 5.73. The summed E-state index contributed by atoms with van der Waals surface area (Å²) in [6, 6.07) is 17.1. The minimum Gasteiger partial charge on any atom is -0.464 e. The van der Waals surface area contributed by atoms with E-state index < -0.39 is 0 Å². The van der Waals surface area contributed by atoms with Gasteiger partial charge in [-0.3, -0.25) is 0 Å². The van der Waals surface area contributed by atoms with Gasteiger partial charge in [-0.1, -0.05) is 41.5 Å². The molecule has 4 rings (SSSR count). The molecule has 0 radical (unpaired) electrons. The number of rotatable bonds is 2. The fourth-order valence-electron chi connectivity index (χ4n) is 3.87. The Labute approximate surface area is 167 Å². The second-order valence-corrected chi connectivity index (χ2v) is 9.60. The fourth-order valence-corrected chi connectivity index (χ4v) is 3.87. The van der Waals surface area contributed by atoms with Crippen LogP contribution in [0.25, 0.3) is 33.4 Å². The highest BCUT2D eigenvalue weighted by atomic mass is 16.3. The second kappa shape index (κ2) is 6.41. The molecule has 2 heteroatoms. The van der Waals surface area contributed by atoms with Gasteiger partial charge in [0.1, 0.15) is 11.5 Å². The summed E-state index contributed by atoms with van der Waals surface area (Å²) in [5, 5.41) is 2.56. The van der Waals surface area contributed by atoms with E-state index in [1.807, 2.05) is 24.3 Å². The number of furan rings is 2. The SMILES string of the molecule is CC(C)(C)c1cc(-c2ccco2)cc2c(C(C)(C)C)cc(-c3ccco3)cc12. The largest absolute Gasteiger partial charge is 0.464 e. The van der Waals surface area contributed by atoms with Gasteiger partial charge in [-0.15, -0.1) is 0 Å². The van der Waals surface area contributed by atoms with Crippen molar-refractivity contribution in [1.29, 1.82) is 0 Å². The van der Waals surface area contributed by atoms with Gasteiger partial charge in [0.15, 0.2) is 0 Å². The molecule has 0 bridgehead atoms. The zero-order valence-electron chi connectivity index (χ0n) is 17.6. The van der Waals surface area contributed by atoms with Gasteiger partial charge in [0.25, 0.3) is 0 Å². The molecular formula is C26H28O2.